The molecule has 1 nitrogen and oxygen atoms in total. The van der Waals surface area contributed by atoms with E-state index in [0.717, 1.165) is 20.0 Å². The molecule has 0 amide bonds. The first kappa shape index (κ1) is 14.9. The van der Waals surface area contributed by atoms with E-state index in [1.807, 2.05) is 0 Å². The van der Waals surface area contributed by atoms with E-state index in [2.05, 4.69) is 59.9 Å². The van der Waals surface area contributed by atoms with Crippen molar-refractivity contribution in [3.05, 3.63) is 26.6 Å². The van der Waals surface area contributed by atoms with Gasteiger partial charge in [-0.2, -0.15) is 0 Å². The molecule has 0 unspecified atom stereocenters. The van der Waals surface area contributed by atoms with Crippen molar-refractivity contribution in [1.82, 2.24) is 0 Å². The minimum atomic E-state index is 0.370. The molecule has 0 N–H and O–H groups in total. The van der Waals surface area contributed by atoms with E-state index >= 15 is 0 Å². The van der Waals surface area contributed by atoms with E-state index in [0.29, 0.717) is 6.10 Å². The lowest BCUT2D eigenvalue weighted by Crippen LogP contribution is -2.15. The Kier molecular flexibility index (Phi) is 6.02. The third-order valence-corrected chi connectivity index (χ3v) is 5.12. The van der Waals surface area contributed by atoms with Crippen LogP contribution in [0.3, 0.4) is 0 Å². The van der Waals surface area contributed by atoms with Crippen LogP contribution < -0.4 is 4.74 Å². The molecular formula is C14H17Br3O. The van der Waals surface area contributed by atoms with Crippen LogP contribution in [-0.2, 0) is 5.33 Å². The van der Waals surface area contributed by atoms with Gasteiger partial charge in [0.25, 0.3) is 0 Å². The number of alkyl halides is 1. The summed E-state index contributed by atoms with van der Waals surface area (Å²) >= 11 is 10.7. The first-order valence-electron chi connectivity index (χ1n) is 6.41. The Morgan fingerprint density at radius 2 is 1.56 bits per heavy atom. The van der Waals surface area contributed by atoms with Gasteiger partial charge in [0.2, 0.25) is 0 Å². The van der Waals surface area contributed by atoms with Gasteiger partial charge in [0.15, 0.2) is 0 Å². The van der Waals surface area contributed by atoms with E-state index in [9.17, 15) is 0 Å². The van der Waals surface area contributed by atoms with E-state index in [1.165, 1.54) is 44.1 Å². The fourth-order valence-corrected chi connectivity index (χ4v) is 4.12. The number of hydrogen-bond donors (Lipinski definition) is 0. The molecule has 1 aliphatic rings. The van der Waals surface area contributed by atoms with Crippen molar-refractivity contribution in [2.45, 2.75) is 50.0 Å². The zero-order valence-corrected chi connectivity index (χ0v) is 15.0. The van der Waals surface area contributed by atoms with Gasteiger partial charge in [-0.05, 0) is 75.2 Å². The van der Waals surface area contributed by atoms with Gasteiger partial charge in [0.05, 0.1) is 15.0 Å². The highest BCUT2D eigenvalue weighted by Gasteiger charge is 2.17. The highest BCUT2D eigenvalue weighted by atomic mass is 79.9. The molecule has 0 heterocycles. The van der Waals surface area contributed by atoms with Crippen LogP contribution in [0.25, 0.3) is 0 Å². The van der Waals surface area contributed by atoms with Gasteiger partial charge >= 0.3 is 0 Å². The van der Waals surface area contributed by atoms with Gasteiger partial charge < -0.3 is 4.74 Å². The van der Waals surface area contributed by atoms with Crippen molar-refractivity contribution < 1.29 is 4.74 Å². The summed E-state index contributed by atoms with van der Waals surface area (Å²) < 4.78 is 8.26. The molecule has 0 radical (unpaired) electrons. The smallest absolute Gasteiger partial charge is 0.148 e. The number of rotatable bonds is 3. The lowest BCUT2D eigenvalue weighted by Gasteiger charge is -2.19. The molecule has 2 rings (SSSR count). The van der Waals surface area contributed by atoms with Gasteiger partial charge in [-0.1, -0.05) is 28.8 Å². The maximum Gasteiger partial charge on any atom is 0.148 e. The molecule has 1 saturated carbocycles. The maximum atomic E-state index is 6.19. The summed E-state index contributed by atoms with van der Waals surface area (Å²) in [6, 6.07) is 4.23. The Hall–Kier alpha value is 0.460. The fraction of sp³-hybridized carbons (Fsp3) is 0.571. The second-order valence-corrected chi connectivity index (χ2v) is 7.02. The molecule has 0 saturated heterocycles. The number of halogens is 3. The predicted molar refractivity (Wildman–Crippen MR) is 86.6 cm³/mol. The van der Waals surface area contributed by atoms with Crippen molar-refractivity contribution in [2.75, 3.05) is 0 Å². The summed E-state index contributed by atoms with van der Waals surface area (Å²) in [5.41, 5.74) is 1.24. The second kappa shape index (κ2) is 7.30. The molecule has 0 atom stereocenters. The molecule has 1 aliphatic carbocycles. The molecule has 1 aromatic rings. The monoisotopic (exact) mass is 438 g/mol. The lowest BCUT2D eigenvalue weighted by molar-refractivity contribution is 0.181. The molecule has 0 spiro atoms. The molecule has 100 valence electrons. The maximum absolute atomic E-state index is 6.19. The standard InChI is InChI=1S/C14H17Br3O/c15-9-10-7-12(16)14(13(17)8-10)18-11-5-3-1-2-4-6-11/h7-8,11H,1-6,9H2. The highest BCUT2D eigenvalue weighted by Crippen LogP contribution is 2.37. The third-order valence-electron chi connectivity index (χ3n) is 3.30. The molecular weight excluding hydrogens is 424 g/mol. The summed E-state index contributed by atoms with van der Waals surface area (Å²) in [5, 5.41) is 0.855. The second-order valence-electron chi connectivity index (χ2n) is 4.75. The van der Waals surface area contributed by atoms with Crippen LogP contribution in [0.2, 0.25) is 0 Å². The molecule has 18 heavy (non-hydrogen) atoms. The van der Waals surface area contributed by atoms with Crippen LogP contribution in [0.1, 0.15) is 44.1 Å². The summed E-state index contributed by atoms with van der Waals surface area (Å²) in [6.07, 6.45) is 8.02. The van der Waals surface area contributed by atoms with Crippen LogP contribution in [0, 0.1) is 0 Å². The van der Waals surface area contributed by atoms with Crippen LogP contribution in [0.15, 0.2) is 21.1 Å². The minimum absolute atomic E-state index is 0.370. The van der Waals surface area contributed by atoms with Crippen LogP contribution in [0.4, 0.5) is 0 Å². The van der Waals surface area contributed by atoms with Gasteiger partial charge in [0, 0.05) is 5.33 Å². The summed E-state index contributed by atoms with van der Waals surface area (Å²) in [5.74, 6) is 0.951. The van der Waals surface area contributed by atoms with Crippen molar-refractivity contribution in [1.29, 1.82) is 0 Å². The Labute approximate surface area is 134 Å². The fourth-order valence-electron chi connectivity index (χ4n) is 2.33. The van der Waals surface area contributed by atoms with Crippen LogP contribution >= 0.6 is 47.8 Å². The largest absolute Gasteiger partial charge is 0.488 e. The molecule has 1 fully saturated rings. The third kappa shape index (κ3) is 3.97. The van der Waals surface area contributed by atoms with E-state index in [4.69, 9.17) is 4.74 Å². The zero-order valence-electron chi connectivity index (χ0n) is 10.2. The zero-order chi connectivity index (χ0) is 13.0. The van der Waals surface area contributed by atoms with Crippen molar-refractivity contribution in [3.63, 3.8) is 0 Å². The average molecular weight is 441 g/mol. The highest BCUT2D eigenvalue weighted by molar-refractivity contribution is 9.11. The van der Waals surface area contributed by atoms with E-state index < -0.39 is 0 Å². The molecule has 1 aromatic carbocycles. The molecule has 0 aromatic heterocycles. The van der Waals surface area contributed by atoms with Gasteiger partial charge in [0.1, 0.15) is 5.75 Å². The Bertz CT molecular complexity index is 375. The van der Waals surface area contributed by atoms with E-state index in [-0.39, 0.29) is 0 Å². The molecule has 4 heteroatoms. The van der Waals surface area contributed by atoms with Crippen molar-refractivity contribution >= 4 is 47.8 Å². The van der Waals surface area contributed by atoms with Gasteiger partial charge in [-0.25, -0.2) is 0 Å². The quantitative estimate of drug-likeness (QED) is 0.401. The molecule has 0 aliphatic heterocycles. The lowest BCUT2D eigenvalue weighted by atomic mass is 10.1. The van der Waals surface area contributed by atoms with E-state index in [1.54, 1.807) is 0 Å². The van der Waals surface area contributed by atoms with Crippen molar-refractivity contribution in [3.8, 4) is 5.75 Å². The average Bonchev–Trinajstić information content (AvgIpc) is 2.62. The summed E-state index contributed by atoms with van der Waals surface area (Å²) in [7, 11) is 0. The Balaban J connectivity index is 2.12. The van der Waals surface area contributed by atoms with Gasteiger partial charge in [-0.15, -0.1) is 0 Å². The van der Waals surface area contributed by atoms with Crippen LogP contribution in [0.5, 0.6) is 5.75 Å². The summed E-state index contributed by atoms with van der Waals surface area (Å²) in [6.45, 7) is 0. The number of hydrogen-bond acceptors (Lipinski definition) is 1. The molecule has 0 bridgehead atoms. The predicted octanol–water partition coefficient (Wildman–Crippen LogP) is 6.21. The van der Waals surface area contributed by atoms with Crippen molar-refractivity contribution in [2.24, 2.45) is 0 Å². The minimum Gasteiger partial charge on any atom is -0.488 e. The van der Waals surface area contributed by atoms with Crippen LogP contribution in [-0.4, -0.2) is 6.10 Å². The first-order chi connectivity index (χ1) is 8.70. The number of ether oxygens (including phenoxy) is 1. The first-order valence-corrected chi connectivity index (χ1v) is 9.12. The SMILES string of the molecule is BrCc1cc(Br)c(OC2CCCCCC2)c(Br)c1. The number of benzene rings is 1. The topological polar surface area (TPSA) is 9.23 Å². The Morgan fingerprint density at radius 1 is 1.00 bits per heavy atom. The summed E-state index contributed by atoms with van der Waals surface area (Å²) in [4.78, 5) is 0. The Morgan fingerprint density at radius 3 is 2.06 bits per heavy atom. The van der Waals surface area contributed by atoms with Gasteiger partial charge in [-0.3, -0.25) is 0 Å². The normalized spacial score (nSPS) is 17.5.